The van der Waals surface area contributed by atoms with Crippen LogP contribution in [0.1, 0.15) is 6.92 Å². The molecule has 0 fully saturated rings. The Balaban J connectivity index is 3.00. The fraction of sp³-hybridized carbons (Fsp3) is 0.333. The largest absolute Gasteiger partial charge is 0.288 e. The number of anilines is 1. The summed E-state index contributed by atoms with van der Waals surface area (Å²) in [4.78, 5) is 11.0. The van der Waals surface area contributed by atoms with Gasteiger partial charge in [0.25, 0.3) is 5.56 Å². The first-order valence-electron chi connectivity index (χ1n) is 3.59. The Kier molecular flexibility index (Phi) is 2.66. The molecular formula is C6H9N3O3S. The summed E-state index contributed by atoms with van der Waals surface area (Å²) in [5.74, 6) is -0.0746. The Morgan fingerprint density at radius 2 is 2.31 bits per heavy atom. The van der Waals surface area contributed by atoms with E-state index in [1.807, 2.05) is 0 Å². The minimum atomic E-state index is -3.39. The SMILES string of the molecule is CCS(=O)(=O)Nc1ccn[nH]c1=O. The molecule has 1 aromatic heterocycles. The number of aromatic nitrogens is 2. The summed E-state index contributed by atoms with van der Waals surface area (Å²) >= 11 is 0. The number of sulfonamides is 1. The quantitative estimate of drug-likeness (QED) is 0.694. The van der Waals surface area contributed by atoms with E-state index in [9.17, 15) is 13.2 Å². The van der Waals surface area contributed by atoms with Crippen molar-refractivity contribution in [2.24, 2.45) is 0 Å². The fourth-order valence-electron chi connectivity index (χ4n) is 0.664. The average Bonchev–Trinajstić information content (AvgIpc) is 2.09. The molecule has 0 unspecified atom stereocenters. The van der Waals surface area contributed by atoms with Gasteiger partial charge in [-0.3, -0.25) is 9.52 Å². The maximum Gasteiger partial charge on any atom is 0.288 e. The van der Waals surface area contributed by atoms with Gasteiger partial charge >= 0.3 is 0 Å². The Labute approximate surface area is 75.0 Å². The van der Waals surface area contributed by atoms with E-state index < -0.39 is 15.6 Å². The number of hydrogen-bond acceptors (Lipinski definition) is 4. The molecule has 0 saturated carbocycles. The van der Waals surface area contributed by atoms with E-state index in [0.29, 0.717) is 0 Å². The summed E-state index contributed by atoms with van der Waals surface area (Å²) in [7, 11) is -3.39. The van der Waals surface area contributed by atoms with Gasteiger partial charge in [0.1, 0.15) is 5.69 Å². The number of H-pyrrole nitrogens is 1. The van der Waals surface area contributed by atoms with Crippen molar-refractivity contribution in [3.8, 4) is 0 Å². The van der Waals surface area contributed by atoms with Crippen LogP contribution in [0, 0.1) is 0 Å². The monoisotopic (exact) mass is 203 g/mol. The number of rotatable bonds is 3. The number of aromatic amines is 1. The molecule has 6 nitrogen and oxygen atoms in total. The molecule has 0 aliphatic heterocycles. The Morgan fingerprint density at radius 3 is 2.85 bits per heavy atom. The number of hydrogen-bond donors (Lipinski definition) is 2. The summed E-state index contributed by atoms with van der Waals surface area (Å²) in [5.41, 5.74) is -0.573. The normalized spacial score (nSPS) is 11.2. The van der Waals surface area contributed by atoms with Crippen LogP contribution in [0.4, 0.5) is 5.69 Å². The summed E-state index contributed by atoms with van der Waals surface area (Å²) in [5, 5.41) is 5.54. The van der Waals surface area contributed by atoms with Crippen molar-refractivity contribution in [3.63, 3.8) is 0 Å². The lowest BCUT2D eigenvalue weighted by Gasteiger charge is -2.02. The van der Waals surface area contributed by atoms with Crippen molar-refractivity contribution in [1.82, 2.24) is 10.2 Å². The van der Waals surface area contributed by atoms with E-state index in [-0.39, 0.29) is 11.4 Å². The molecule has 1 aromatic rings. The van der Waals surface area contributed by atoms with Crippen molar-refractivity contribution in [2.75, 3.05) is 10.5 Å². The second kappa shape index (κ2) is 3.56. The third kappa shape index (κ3) is 2.55. The van der Waals surface area contributed by atoms with Crippen LogP contribution >= 0.6 is 0 Å². The van der Waals surface area contributed by atoms with Gasteiger partial charge in [0.15, 0.2) is 0 Å². The maximum atomic E-state index is 11.0. The number of nitrogens with zero attached hydrogens (tertiary/aromatic N) is 1. The zero-order valence-corrected chi connectivity index (χ0v) is 7.76. The van der Waals surface area contributed by atoms with Crippen LogP contribution in [0.3, 0.4) is 0 Å². The van der Waals surface area contributed by atoms with E-state index >= 15 is 0 Å². The molecule has 72 valence electrons. The van der Waals surface area contributed by atoms with Crippen LogP contribution in [0.15, 0.2) is 17.1 Å². The molecule has 0 aromatic carbocycles. The fourth-order valence-corrected chi connectivity index (χ4v) is 1.30. The first-order valence-corrected chi connectivity index (χ1v) is 5.24. The zero-order valence-electron chi connectivity index (χ0n) is 6.94. The summed E-state index contributed by atoms with van der Waals surface area (Å²) in [6.45, 7) is 1.48. The Bertz CT molecular complexity index is 436. The molecule has 2 N–H and O–H groups in total. The highest BCUT2D eigenvalue weighted by Gasteiger charge is 2.08. The van der Waals surface area contributed by atoms with Gasteiger partial charge in [-0.15, -0.1) is 0 Å². The van der Waals surface area contributed by atoms with Gasteiger partial charge in [-0.25, -0.2) is 13.5 Å². The highest BCUT2D eigenvalue weighted by Crippen LogP contribution is 1.99. The summed E-state index contributed by atoms with van der Waals surface area (Å²) in [6.07, 6.45) is 1.30. The molecule has 0 bridgehead atoms. The van der Waals surface area contributed by atoms with Crippen molar-refractivity contribution in [1.29, 1.82) is 0 Å². The van der Waals surface area contributed by atoms with E-state index in [1.165, 1.54) is 19.2 Å². The van der Waals surface area contributed by atoms with E-state index in [0.717, 1.165) is 0 Å². The van der Waals surface area contributed by atoms with Crippen LogP contribution in [-0.4, -0.2) is 24.4 Å². The lowest BCUT2D eigenvalue weighted by molar-refractivity contribution is 0.602. The van der Waals surface area contributed by atoms with Gasteiger partial charge in [-0.2, -0.15) is 5.10 Å². The molecule has 1 rings (SSSR count). The first kappa shape index (κ1) is 9.72. The molecule has 0 spiro atoms. The van der Waals surface area contributed by atoms with Crippen LogP contribution in [0.25, 0.3) is 0 Å². The van der Waals surface area contributed by atoms with Crippen LogP contribution in [0.2, 0.25) is 0 Å². The van der Waals surface area contributed by atoms with E-state index in [2.05, 4.69) is 14.9 Å². The van der Waals surface area contributed by atoms with Gasteiger partial charge in [0.2, 0.25) is 10.0 Å². The van der Waals surface area contributed by atoms with Crippen molar-refractivity contribution in [2.45, 2.75) is 6.92 Å². The van der Waals surface area contributed by atoms with Gasteiger partial charge in [0.05, 0.1) is 5.75 Å². The molecule has 0 amide bonds. The topological polar surface area (TPSA) is 91.9 Å². The van der Waals surface area contributed by atoms with E-state index in [1.54, 1.807) is 0 Å². The standard InChI is InChI=1S/C6H9N3O3S/c1-2-13(11,12)9-5-3-4-7-8-6(5)10/h3-4H,2H2,1H3,(H,7,9)(H,8,10). The Hall–Kier alpha value is -1.37. The predicted molar refractivity (Wildman–Crippen MR) is 47.9 cm³/mol. The van der Waals surface area contributed by atoms with Gasteiger partial charge in [0, 0.05) is 6.20 Å². The van der Waals surface area contributed by atoms with Gasteiger partial charge < -0.3 is 0 Å². The minimum absolute atomic E-state index is 0.0168. The molecule has 0 saturated heterocycles. The van der Waals surface area contributed by atoms with Crippen LogP contribution in [-0.2, 0) is 10.0 Å². The predicted octanol–water partition coefficient (Wildman–Crippen LogP) is -0.469. The lowest BCUT2D eigenvalue weighted by Crippen LogP contribution is -2.21. The maximum absolute atomic E-state index is 11.0. The minimum Gasteiger partial charge on any atom is -0.278 e. The molecule has 7 heteroatoms. The molecule has 1 heterocycles. The third-order valence-electron chi connectivity index (χ3n) is 1.37. The van der Waals surface area contributed by atoms with Gasteiger partial charge in [-0.1, -0.05) is 0 Å². The smallest absolute Gasteiger partial charge is 0.278 e. The average molecular weight is 203 g/mol. The third-order valence-corrected chi connectivity index (χ3v) is 2.66. The molecular weight excluding hydrogens is 194 g/mol. The molecule has 13 heavy (non-hydrogen) atoms. The summed E-state index contributed by atoms with van der Waals surface area (Å²) < 4.78 is 24.2. The van der Waals surface area contributed by atoms with Crippen molar-refractivity contribution < 1.29 is 8.42 Å². The van der Waals surface area contributed by atoms with Crippen molar-refractivity contribution >= 4 is 15.7 Å². The lowest BCUT2D eigenvalue weighted by atomic mass is 10.5. The highest BCUT2D eigenvalue weighted by molar-refractivity contribution is 7.92. The first-order chi connectivity index (χ1) is 6.05. The highest BCUT2D eigenvalue weighted by atomic mass is 32.2. The van der Waals surface area contributed by atoms with Gasteiger partial charge in [-0.05, 0) is 13.0 Å². The molecule has 0 radical (unpaired) electrons. The van der Waals surface area contributed by atoms with E-state index in [4.69, 9.17) is 0 Å². The Morgan fingerprint density at radius 1 is 1.62 bits per heavy atom. The van der Waals surface area contributed by atoms with Crippen molar-refractivity contribution in [3.05, 3.63) is 22.6 Å². The second-order valence-corrected chi connectivity index (χ2v) is 4.32. The summed E-state index contributed by atoms with van der Waals surface area (Å²) in [6, 6.07) is 1.30. The number of nitrogens with one attached hydrogen (secondary N) is 2. The second-order valence-electron chi connectivity index (χ2n) is 2.30. The molecule has 0 aliphatic carbocycles. The van der Waals surface area contributed by atoms with Crippen LogP contribution in [0.5, 0.6) is 0 Å². The zero-order chi connectivity index (χ0) is 9.90. The van der Waals surface area contributed by atoms with Crippen LogP contribution < -0.4 is 10.3 Å². The molecule has 0 aliphatic rings. The molecule has 0 atom stereocenters.